The highest BCUT2D eigenvalue weighted by atomic mass is 35.5. The standard InChI is InChI=1S/C16H18ClNO2S2/c1-16(2,12-21-14-6-4-3-5-7-14)18-22(19,20)15-10-8-13(17)9-11-15/h3-11,18H,12H2,1-2H3. The number of sulfonamides is 1. The van der Waals surface area contributed by atoms with Crippen molar-refractivity contribution in [3.8, 4) is 0 Å². The molecule has 3 nitrogen and oxygen atoms in total. The highest BCUT2D eigenvalue weighted by Gasteiger charge is 2.26. The molecule has 0 aliphatic rings. The van der Waals surface area contributed by atoms with Gasteiger partial charge in [-0.15, -0.1) is 11.8 Å². The number of nitrogens with one attached hydrogen (secondary N) is 1. The van der Waals surface area contributed by atoms with Gasteiger partial charge in [0.05, 0.1) is 4.90 Å². The van der Waals surface area contributed by atoms with Crippen molar-refractivity contribution in [2.75, 3.05) is 5.75 Å². The zero-order valence-corrected chi connectivity index (χ0v) is 14.8. The molecule has 0 aliphatic carbocycles. The third kappa shape index (κ3) is 5.02. The van der Waals surface area contributed by atoms with Crippen LogP contribution in [-0.2, 0) is 10.0 Å². The average Bonchev–Trinajstić information content (AvgIpc) is 2.46. The molecule has 0 aliphatic heterocycles. The summed E-state index contributed by atoms with van der Waals surface area (Å²) in [6.45, 7) is 3.74. The van der Waals surface area contributed by atoms with Crippen molar-refractivity contribution < 1.29 is 8.42 Å². The van der Waals surface area contributed by atoms with E-state index in [1.54, 1.807) is 23.9 Å². The Morgan fingerprint density at radius 1 is 1.05 bits per heavy atom. The van der Waals surface area contributed by atoms with Gasteiger partial charge in [-0.3, -0.25) is 0 Å². The second kappa shape index (κ2) is 7.04. The van der Waals surface area contributed by atoms with Gasteiger partial charge < -0.3 is 0 Å². The summed E-state index contributed by atoms with van der Waals surface area (Å²) in [5.74, 6) is 0.629. The molecule has 0 unspecified atom stereocenters. The summed E-state index contributed by atoms with van der Waals surface area (Å²) >= 11 is 7.41. The number of thioether (sulfide) groups is 1. The minimum atomic E-state index is -3.56. The Bertz CT molecular complexity index is 714. The van der Waals surface area contributed by atoms with Gasteiger partial charge in [-0.05, 0) is 50.2 Å². The van der Waals surface area contributed by atoms with E-state index in [4.69, 9.17) is 11.6 Å². The summed E-state index contributed by atoms with van der Waals surface area (Å²) in [5.41, 5.74) is -0.570. The number of benzene rings is 2. The van der Waals surface area contributed by atoms with Crippen molar-refractivity contribution in [3.63, 3.8) is 0 Å². The van der Waals surface area contributed by atoms with Crippen LogP contribution in [0.5, 0.6) is 0 Å². The molecule has 2 aromatic rings. The normalized spacial score (nSPS) is 12.3. The molecule has 1 N–H and O–H groups in total. The van der Waals surface area contributed by atoms with Gasteiger partial charge in [0.15, 0.2) is 0 Å². The lowest BCUT2D eigenvalue weighted by molar-refractivity contribution is 0.498. The Kier molecular flexibility index (Phi) is 5.55. The fraction of sp³-hybridized carbons (Fsp3) is 0.250. The second-order valence-corrected chi connectivity index (χ2v) is 8.71. The van der Waals surface area contributed by atoms with Gasteiger partial charge in [0, 0.05) is 21.2 Å². The molecule has 0 saturated carbocycles. The first-order chi connectivity index (χ1) is 10.3. The molecule has 2 aromatic carbocycles. The predicted molar refractivity (Wildman–Crippen MR) is 93.0 cm³/mol. The average molecular weight is 356 g/mol. The molecular formula is C16H18ClNO2S2. The van der Waals surface area contributed by atoms with E-state index >= 15 is 0 Å². The lowest BCUT2D eigenvalue weighted by Gasteiger charge is -2.25. The van der Waals surface area contributed by atoms with Crippen LogP contribution in [0, 0.1) is 0 Å². The number of hydrogen-bond donors (Lipinski definition) is 1. The maximum Gasteiger partial charge on any atom is 0.241 e. The fourth-order valence-electron chi connectivity index (χ4n) is 1.85. The van der Waals surface area contributed by atoms with Gasteiger partial charge in [0.1, 0.15) is 0 Å². The minimum absolute atomic E-state index is 0.217. The molecule has 22 heavy (non-hydrogen) atoms. The molecule has 0 spiro atoms. The van der Waals surface area contributed by atoms with Crippen LogP contribution in [-0.4, -0.2) is 19.7 Å². The second-order valence-electron chi connectivity index (χ2n) is 5.55. The van der Waals surface area contributed by atoms with E-state index in [-0.39, 0.29) is 4.90 Å². The van der Waals surface area contributed by atoms with Crippen LogP contribution in [0.25, 0.3) is 0 Å². The molecular weight excluding hydrogens is 338 g/mol. The minimum Gasteiger partial charge on any atom is -0.207 e. The smallest absolute Gasteiger partial charge is 0.207 e. The Labute approximate surface area is 141 Å². The number of rotatable bonds is 6. The molecule has 0 heterocycles. The maximum atomic E-state index is 12.4. The fourth-order valence-corrected chi connectivity index (χ4v) is 4.42. The topological polar surface area (TPSA) is 46.2 Å². The molecule has 0 atom stereocenters. The van der Waals surface area contributed by atoms with Gasteiger partial charge in [-0.2, -0.15) is 0 Å². The van der Waals surface area contributed by atoms with Gasteiger partial charge in [0.25, 0.3) is 0 Å². The highest BCUT2D eigenvalue weighted by molar-refractivity contribution is 7.99. The SMILES string of the molecule is CC(C)(CSc1ccccc1)NS(=O)(=O)c1ccc(Cl)cc1. The molecule has 2 rings (SSSR count). The lowest BCUT2D eigenvalue weighted by Crippen LogP contribution is -2.45. The Hall–Kier alpha value is -1.01. The van der Waals surface area contributed by atoms with E-state index in [1.807, 2.05) is 44.2 Å². The Morgan fingerprint density at radius 3 is 2.23 bits per heavy atom. The first-order valence-electron chi connectivity index (χ1n) is 6.76. The summed E-state index contributed by atoms with van der Waals surface area (Å²) in [4.78, 5) is 1.33. The van der Waals surface area contributed by atoms with Gasteiger partial charge >= 0.3 is 0 Å². The lowest BCUT2D eigenvalue weighted by atomic mass is 10.1. The molecule has 0 amide bonds. The van der Waals surface area contributed by atoms with Crippen LogP contribution >= 0.6 is 23.4 Å². The first-order valence-corrected chi connectivity index (χ1v) is 9.61. The maximum absolute atomic E-state index is 12.4. The summed E-state index contributed by atoms with van der Waals surface area (Å²) in [7, 11) is -3.56. The van der Waals surface area contributed by atoms with E-state index in [1.165, 1.54) is 12.1 Å². The van der Waals surface area contributed by atoms with E-state index in [2.05, 4.69) is 4.72 Å². The van der Waals surface area contributed by atoms with Crippen LogP contribution in [0.2, 0.25) is 5.02 Å². The van der Waals surface area contributed by atoms with Gasteiger partial charge in [-0.25, -0.2) is 13.1 Å². The van der Waals surface area contributed by atoms with Crippen LogP contribution < -0.4 is 4.72 Å². The van der Waals surface area contributed by atoms with Crippen LogP contribution in [0.15, 0.2) is 64.4 Å². The molecule has 118 valence electrons. The Balaban J connectivity index is 2.05. The van der Waals surface area contributed by atoms with E-state index < -0.39 is 15.6 Å². The molecule has 6 heteroatoms. The predicted octanol–water partition coefficient (Wildman–Crippen LogP) is 4.19. The van der Waals surface area contributed by atoms with Crippen molar-refractivity contribution in [2.24, 2.45) is 0 Å². The molecule has 0 aromatic heterocycles. The summed E-state index contributed by atoms with van der Waals surface area (Å²) in [6.07, 6.45) is 0. The number of halogens is 1. The van der Waals surface area contributed by atoms with Crippen LogP contribution in [0.3, 0.4) is 0 Å². The molecule has 0 bridgehead atoms. The molecule has 0 saturated heterocycles. The quantitative estimate of drug-likeness (QED) is 0.790. The van der Waals surface area contributed by atoms with Gasteiger partial charge in [-0.1, -0.05) is 29.8 Å². The molecule has 0 radical (unpaired) electrons. The summed E-state index contributed by atoms with van der Waals surface area (Å²) in [5, 5.41) is 0.512. The van der Waals surface area contributed by atoms with Crippen molar-refractivity contribution in [1.82, 2.24) is 4.72 Å². The van der Waals surface area contributed by atoms with Gasteiger partial charge in [0.2, 0.25) is 10.0 Å². The van der Waals surface area contributed by atoms with Crippen molar-refractivity contribution in [2.45, 2.75) is 29.2 Å². The highest BCUT2D eigenvalue weighted by Crippen LogP contribution is 2.24. The summed E-state index contributed by atoms with van der Waals surface area (Å²) in [6, 6.07) is 16.1. The monoisotopic (exact) mass is 355 g/mol. The largest absolute Gasteiger partial charge is 0.241 e. The van der Waals surface area contributed by atoms with Crippen molar-refractivity contribution >= 4 is 33.4 Å². The van der Waals surface area contributed by atoms with Crippen LogP contribution in [0.1, 0.15) is 13.8 Å². The molecule has 0 fully saturated rings. The third-order valence-corrected chi connectivity index (χ3v) is 6.32. The first kappa shape index (κ1) is 17.3. The number of hydrogen-bond acceptors (Lipinski definition) is 3. The summed E-state index contributed by atoms with van der Waals surface area (Å²) < 4.78 is 27.6. The van der Waals surface area contributed by atoms with E-state index in [9.17, 15) is 8.42 Å². The Morgan fingerprint density at radius 2 is 1.64 bits per heavy atom. The van der Waals surface area contributed by atoms with E-state index in [0.717, 1.165) is 4.90 Å². The van der Waals surface area contributed by atoms with E-state index in [0.29, 0.717) is 10.8 Å². The van der Waals surface area contributed by atoms with Crippen molar-refractivity contribution in [1.29, 1.82) is 0 Å². The third-order valence-electron chi connectivity index (χ3n) is 2.88. The van der Waals surface area contributed by atoms with Crippen LogP contribution in [0.4, 0.5) is 0 Å². The zero-order chi connectivity index (χ0) is 16.2. The zero-order valence-electron chi connectivity index (χ0n) is 12.4. The van der Waals surface area contributed by atoms with Crippen molar-refractivity contribution in [3.05, 3.63) is 59.6 Å².